The molecule has 0 aliphatic carbocycles. The van der Waals surface area contributed by atoms with Gasteiger partial charge in [0.05, 0.1) is 5.02 Å². The van der Waals surface area contributed by atoms with E-state index in [0.717, 1.165) is 23.9 Å². The van der Waals surface area contributed by atoms with Crippen LogP contribution in [0.4, 0.5) is 5.82 Å². The largest absolute Gasteiger partial charge is 0.368 e. The van der Waals surface area contributed by atoms with Gasteiger partial charge in [0.15, 0.2) is 0 Å². The van der Waals surface area contributed by atoms with Crippen molar-refractivity contribution in [3.8, 4) is 0 Å². The van der Waals surface area contributed by atoms with Crippen LogP contribution in [-0.2, 0) is 0 Å². The number of nitrogens with zero attached hydrogens (tertiary/aromatic N) is 1. The van der Waals surface area contributed by atoms with E-state index < -0.39 is 0 Å². The Morgan fingerprint density at radius 2 is 2.50 bits per heavy atom. The molecule has 1 rings (SSSR count). The molecular formula is C10H13ClN2S. The zero-order valence-electron chi connectivity index (χ0n) is 7.87. The van der Waals surface area contributed by atoms with Gasteiger partial charge in [-0.1, -0.05) is 17.7 Å². The van der Waals surface area contributed by atoms with E-state index in [1.165, 1.54) is 0 Å². The number of pyridine rings is 1. The molecule has 0 radical (unpaired) electrons. The number of anilines is 1. The van der Waals surface area contributed by atoms with E-state index in [4.69, 9.17) is 11.6 Å². The molecule has 0 saturated heterocycles. The van der Waals surface area contributed by atoms with Crippen LogP contribution >= 0.6 is 23.4 Å². The van der Waals surface area contributed by atoms with Crippen LogP contribution in [0.5, 0.6) is 0 Å². The lowest BCUT2D eigenvalue weighted by Gasteiger charge is -2.05. The highest BCUT2D eigenvalue weighted by Crippen LogP contribution is 2.17. The van der Waals surface area contributed by atoms with Crippen LogP contribution in [0.3, 0.4) is 0 Å². The average Bonchev–Trinajstić information content (AvgIpc) is 2.20. The van der Waals surface area contributed by atoms with Crippen LogP contribution in [0, 0.1) is 0 Å². The molecule has 1 aromatic rings. The number of aromatic nitrogens is 1. The molecular weight excluding hydrogens is 216 g/mol. The summed E-state index contributed by atoms with van der Waals surface area (Å²) in [6, 6.07) is 3.65. The molecule has 0 spiro atoms. The molecule has 0 aliphatic rings. The minimum Gasteiger partial charge on any atom is -0.368 e. The second kappa shape index (κ2) is 6.74. The summed E-state index contributed by atoms with van der Waals surface area (Å²) in [6.07, 6.45) is 3.63. The summed E-state index contributed by atoms with van der Waals surface area (Å²) in [4.78, 5) is 4.12. The first kappa shape index (κ1) is 11.4. The maximum absolute atomic E-state index is 5.92. The van der Waals surface area contributed by atoms with Gasteiger partial charge in [0.2, 0.25) is 0 Å². The Labute approximate surface area is 93.8 Å². The summed E-state index contributed by atoms with van der Waals surface area (Å²) in [7, 11) is 0. The average molecular weight is 229 g/mol. The van der Waals surface area contributed by atoms with Gasteiger partial charge in [-0.05, 0) is 12.1 Å². The van der Waals surface area contributed by atoms with Crippen molar-refractivity contribution in [2.45, 2.75) is 0 Å². The summed E-state index contributed by atoms with van der Waals surface area (Å²) < 4.78 is 0. The van der Waals surface area contributed by atoms with Gasteiger partial charge in [0, 0.05) is 24.2 Å². The molecule has 1 heterocycles. The summed E-state index contributed by atoms with van der Waals surface area (Å²) >= 11 is 7.74. The topological polar surface area (TPSA) is 24.9 Å². The smallest absolute Gasteiger partial charge is 0.144 e. The molecule has 0 aliphatic heterocycles. The lowest BCUT2D eigenvalue weighted by atomic mass is 10.4. The Kier molecular flexibility index (Phi) is 5.49. The Bertz CT molecular complexity index is 291. The molecule has 14 heavy (non-hydrogen) atoms. The number of halogens is 1. The van der Waals surface area contributed by atoms with Gasteiger partial charge < -0.3 is 5.32 Å². The van der Waals surface area contributed by atoms with Crippen molar-refractivity contribution >= 4 is 29.2 Å². The predicted octanol–water partition coefficient (Wildman–Crippen LogP) is 3.07. The normalized spacial score (nSPS) is 9.79. The van der Waals surface area contributed by atoms with Crippen LogP contribution in [0.25, 0.3) is 0 Å². The summed E-state index contributed by atoms with van der Waals surface area (Å²) in [5.74, 6) is 2.77. The first-order valence-electron chi connectivity index (χ1n) is 4.37. The summed E-state index contributed by atoms with van der Waals surface area (Å²) in [5.41, 5.74) is 0. The first-order valence-corrected chi connectivity index (χ1v) is 5.91. The summed E-state index contributed by atoms with van der Waals surface area (Å²) in [6.45, 7) is 4.53. The SMILES string of the molecule is C=CCSCCNc1ncccc1Cl. The third kappa shape index (κ3) is 4.03. The van der Waals surface area contributed by atoms with Gasteiger partial charge >= 0.3 is 0 Å². The molecule has 1 aromatic heterocycles. The van der Waals surface area contributed by atoms with Crippen LogP contribution in [0.1, 0.15) is 0 Å². The van der Waals surface area contributed by atoms with Crippen molar-refractivity contribution in [2.24, 2.45) is 0 Å². The minimum absolute atomic E-state index is 0.668. The number of rotatable bonds is 6. The highest BCUT2D eigenvalue weighted by atomic mass is 35.5. The second-order valence-electron chi connectivity index (χ2n) is 2.62. The van der Waals surface area contributed by atoms with Crippen molar-refractivity contribution in [2.75, 3.05) is 23.4 Å². The highest BCUT2D eigenvalue weighted by molar-refractivity contribution is 7.99. The third-order valence-electron chi connectivity index (χ3n) is 1.53. The second-order valence-corrected chi connectivity index (χ2v) is 4.18. The molecule has 0 unspecified atom stereocenters. The van der Waals surface area contributed by atoms with E-state index in [0.29, 0.717) is 5.02 Å². The zero-order valence-corrected chi connectivity index (χ0v) is 9.44. The maximum Gasteiger partial charge on any atom is 0.144 e. The number of nitrogens with one attached hydrogen (secondary N) is 1. The van der Waals surface area contributed by atoms with Crippen molar-refractivity contribution in [1.82, 2.24) is 4.98 Å². The molecule has 0 fully saturated rings. The number of hydrogen-bond acceptors (Lipinski definition) is 3. The molecule has 0 atom stereocenters. The van der Waals surface area contributed by atoms with Crippen LogP contribution in [0.2, 0.25) is 5.02 Å². The van der Waals surface area contributed by atoms with Crippen molar-refractivity contribution < 1.29 is 0 Å². The Hall–Kier alpha value is -0.670. The molecule has 2 nitrogen and oxygen atoms in total. The highest BCUT2D eigenvalue weighted by Gasteiger charge is 1.97. The Morgan fingerprint density at radius 3 is 3.21 bits per heavy atom. The Morgan fingerprint density at radius 1 is 1.64 bits per heavy atom. The van der Waals surface area contributed by atoms with E-state index in [-0.39, 0.29) is 0 Å². The van der Waals surface area contributed by atoms with Crippen molar-refractivity contribution in [3.63, 3.8) is 0 Å². The first-order chi connectivity index (χ1) is 6.84. The lowest BCUT2D eigenvalue weighted by molar-refractivity contribution is 1.17. The lowest BCUT2D eigenvalue weighted by Crippen LogP contribution is -2.06. The quantitative estimate of drug-likeness (QED) is 0.599. The Balaban J connectivity index is 2.24. The fourth-order valence-corrected chi connectivity index (χ4v) is 1.69. The molecule has 1 N–H and O–H groups in total. The van der Waals surface area contributed by atoms with Crippen molar-refractivity contribution in [1.29, 1.82) is 0 Å². The maximum atomic E-state index is 5.92. The van der Waals surface area contributed by atoms with Crippen LogP contribution in [-0.4, -0.2) is 23.0 Å². The van der Waals surface area contributed by atoms with Gasteiger partial charge in [-0.25, -0.2) is 4.98 Å². The fraction of sp³-hybridized carbons (Fsp3) is 0.300. The third-order valence-corrected chi connectivity index (χ3v) is 2.80. The van der Waals surface area contributed by atoms with E-state index in [9.17, 15) is 0 Å². The van der Waals surface area contributed by atoms with E-state index in [2.05, 4.69) is 16.9 Å². The fourth-order valence-electron chi connectivity index (χ4n) is 0.924. The predicted molar refractivity (Wildman–Crippen MR) is 65.3 cm³/mol. The van der Waals surface area contributed by atoms with Gasteiger partial charge in [0.25, 0.3) is 0 Å². The van der Waals surface area contributed by atoms with Gasteiger partial charge in [0.1, 0.15) is 5.82 Å². The molecule has 0 saturated carbocycles. The van der Waals surface area contributed by atoms with Crippen LogP contribution < -0.4 is 5.32 Å². The summed E-state index contributed by atoms with van der Waals surface area (Å²) in [5, 5.41) is 3.84. The zero-order chi connectivity index (χ0) is 10.2. The van der Waals surface area contributed by atoms with Crippen LogP contribution in [0.15, 0.2) is 31.0 Å². The van der Waals surface area contributed by atoms with Gasteiger partial charge in [-0.2, -0.15) is 11.8 Å². The van der Waals surface area contributed by atoms with E-state index in [1.54, 1.807) is 6.20 Å². The van der Waals surface area contributed by atoms with E-state index in [1.807, 2.05) is 30.0 Å². The number of hydrogen-bond donors (Lipinski definition) is 1. The molecule has 0 aromatic carbocycles. The van der Waals surface area contributed by atoms with E-state index >= 15 is 0 Å². The molecule has 0 amide bonds. The van der Waals surface area contributed by atoms with Gasteiger partial charge in [-0.3, -0.25) is 0 Å². The monoisotopic (exact) mass is 228 g/mol. The van der Waals surface area contributed by atoms with Gasteiger partial charge in [-0.15, -0.1) is 6.58 Å². The van der Waals surface area contributed by atoms with Crippen molar-refractivity contribution in [3.05, 3.63) is 36.0 Å². The molecule has 4 heteroatoms. The molecule has 76 valence electrons. The standard InChI is InChI=1S/C10H13ClN2S/c1-2-7-14-8-6-13-10-9(11)4-3-5-12-10/h2-5H,1,6-8H2,(H,12,13). The minimum atomic E-state index is 0.668. The molecule has 0 bridgehead atoms. The number of thioether (sulfide) groups is 1.